The van der Waals surface area contributed by atoms with E-state index in [4.69, 9.17) is 0 Å². The molecule has 0 atom stereocenters. The van der Waals surface area contributed by atoms with Crippen molar-refractivity contribution in [3.8, 4) is 0 Å². The second-order valence-electron chi connectivity index (χ2n) is 4.29. The second kappa shape index (κ2) is 5.23. The number of hydrogen-bond acceptors (Lipinski definition) is 1. The van der Waals surface area contributed by atoms with Gasteiger partial charge in [-0.15, -0.1) is 0 Å². The lowest BCUT2D eigenvalue weighted by molar-refractivity contribution is -0.348. The minimum Gasteiger partial charge on any atom is -0.380 e. The number of alkyl halides is 7. The van der Waals surface area contributed by atoms with Gasteiger partial charge in [-0.25, -0.2) is 4.39 Å². The summed E-state index contributed by atoms with van der Waals surface area (Å²) in [5.41, 5.74) is -6.80. The van der Waals surface area contributed by atoms with Gasteiger partial charge < -0.3 is 4.74 Å². The lowest BCUT2D eigenvalue weighted by Crippen LogP contribution is -2.50. The van der Waals surface area contributed by atoms with Crippen molar-refractivity contribution in [1.29, 1.82) is 0 Å². The smallest absolute Gasteiger partial charge is 0.380 e. The average molecular weight is 304 g/mol. The summed E-state index contributed by atoms with van der Waals surface area (Å²) in [5.74, 6) is 0. The van der Waals surface area contributed by atoms with E-state index in [0.717, 1.165) is 0 Å². The molecule has 8 heteroatoms. The number of aryl methyl sites for hydroxylation is 1. The molecule has 114 valence electrons. The zero-order valence-corrected chi connectivity index (χ0v) is 10.5. The Morgan fingerprint density at radius 2 is 1.40 bits per heavy atom. The minimum atomic E-state index is -6.11. The molecule has 20 heavy (non-hydrogen) atoms. The quantitative estimate of drug-likeness (QED) is 0.751. The third-order valence-corrected chi connectivity index (χ3v) is 2.63. The van der Waals surface area contributed by atoms with Crippen LogP contribution in [0.15, 0.2) is 18.2 Å². The predicted molar refractivity (Wildman–Crippen MR) is 56.8 cm³/mol. The fraction of sp³-hybridized carbons (Fsp3) is 0.500. The van der Waals surface area contributed by atoms with Crippen LogP contribution in [0.1, 0.15) is 16.7 Å². The fourth-order valence-corrected chi connectivity index (χ4v) is 1.80. The van der Waals surface area contributed by atoms with Crippen molar-refractivity contribution in [2.24, 2.45) is 0 Å². The molecule has 1 aromatic carbocycles. The Bertz CT molecular complexity index is 462. The van der Waals surface area contributed by atoms with E-state index in [2.05, 4.69) is 4.74 Å². The largest absolute Gasteiger partial charge is 0.435 e. The molecule has 0 aliphatic rings. The zero-order chi connectivity index (χ0) is 15.8. The molecule has 0 radical (unpaired) electrons. The minimum absolute atomic E-state index is 0.0259. The number of ether oxygens (including phenoxy) is 1. The van der Waals surface area contributed by atoms with Gasteiger partial charge in [0.15, 0.2) is 0 Å². The summed E-state index contributed by atoms with van der Waals surface area (Å²) < 4.78 is 94.1. The van der Waals surface area contributed by atoms with E-state index in [-0.39, 0.29) is 17.7 Å². The van der Waals surface area contributed by atoms with Crippen molar-refractivity contribution >= 4 is 0 Å². The molecule has 0 saturated heterocycles. The molecule has 0 aliphatic heterocycles. The molecule has 0 fully saturated rings. The Morgan fingerprint density at radius 3 is 1.80 bits per heavy atom. The van der Waals surface area contributed by atoms with Crippen LogP contribution in [0.3, 0.4) is 0 Å². The van der Waals surface area contributed by atoms with Crippen molar-refractivity contribution in [2.45, 2.75) is 31.6 Å². The molecule has 0 aliphatic carbocycles. The van der Waals surface area contributed by atoms with Gasteiger partial charge >= 0.3 is 18.0 Å². The van der Waals surface area contributed by atoms with E-state index >= 15 is 0 Å². The van der Waals surface area contributed by atoms with E-state index in [0.29, 0.717) is 12.1 Å². The van der Waals surface area contributed by atoms with Gasteiger partial charge in [0, 0.05) is 12.7 Å². The summed E-state index contributed by atoms with van der Waals surface area (Å²) in [6, 6.07) is 2.36. The van der Waals surface area contributed by atoms with Crippen molar-refractivity contribution in [2.75, 3.05) is 7.11 Å². The van der Waals surface area contributed by atoms with E-state index in [1.165, 1.54) is 20.1 Å². The lowest BCUT2D eigenvalue weighted by atomic mass is 9.91. The fourth-order valence-electron chi connectivity index (χ4n) is 1.80. The Morgan fingerprint density at radius 1 is 0.900 bits per heavy atom. The summed E-state index contributed by atoms with van der Waals surface area (Å²) in [7, 11) is 1.22. The third-order valence-electron chi connectivity index (χ3n) is 2.63. The van der Waals surface area contributed by atoms with Crippen LogP contribution < -0.4 is 0 Å². The van der Waals surface area contributed by atoms with Crippen LogP contribution in [0.25, 0.3) is 0 Å². The van der Waals surface area contributed by atoms with Crippen molar-refractivity contribution in [3.05, 3.63) is 34.9 Å². The van der Waals surface area contributed by atoms with E-state index < -0.39 is 23.6 Å². The average Bonchev–Trinajstić information content (AvgIpc) is 2.24. The van der Waals surface area contributed by atoms with Crippen LogP contribution in [-0.2, 0) is 17.0 Å². The Labute approximate surface area is 110 Å². The maximum absolute atomic E-state index is 13.8. The predicted octanol–water partition coefficient (Wildman–Crippen LogP) is 4.43. The molecule has 0 saturated carbocycles. The molecule has 0 aromatic heterocycles. The maximum atomic E-state index is 13.8. The first-order valence-corrected chi connectivity index (χ1v) is 5.36. The Balaban J connectivity index is 3.51. The number of hydrogen-bond donors (Lipinski definition) is 0. The van der Waals surface area contributed by atoms with Crippen LogP contribution in [0.4, 0.5) is 30.7 Å². The van der Waals surface area contributed by atoms with Gasteiger partial charge in [-0.3, -0.25) is 0 Å². The maximum Gasteiger partial charge on any atom is 0.435 e. The molecule has 0 spiro atoms. The summed E-state index contributed by atoms with van der Waals surface area (Å²) in [6.07, 6.45) is -12.2. The number of benzene rings is 1. The highest BCUT2D eigenvalue weighted by Crippen LogP contribution is 2.53. The highest BCUT2D eigenvalue weighted by Gasteiger charge is 2.73. The number of methoxy groups -OCH3 is 1. The Hall–Kier alpha value is -1.31. The van der Waals surface area contributed by atoms with Crippen molar-refractivity contribution in [1.82, 2.24) is 0 Å². The molecule has 0 bridgehead atoms. The van der Waals surface area contributed by atoms with Crippen molar-refractivity contribution in [3.63, 3.8) is 0 Å². The van der Waals surface area contributed by atoms with Gasteiger partial charge in [0.05, 0.1) is 6.61 Å². The van der Waals surface area contributed by atoms with Gasteiger partial charge in [-0.1, -0.05) is 17.7 Å². The van der Waals surface area contributed by atoms with Crippen LogP contribution in [-0.4, -0.2) is 19.5 Å². The summed E-state index contributed by atoms with van der Waals surface area (Å²) in [5, 5.41) is 0. The molecule has 1 aromatic rings. The SMILES string of the molecule is COCc1cc(C)cc(C(F)(C(F)(F)F)C(F)(F)F)c1. The third kappa shape index (κ3) is 2.89. The van der Waals surface area contributed by atoms with Crippen LogP contribution in [0.2, 0.25) is 0 Å². The van der Waals surface area contributed by atoms with E-state index in [9.17, 15) is 30.7 Å². The molecule has 0 N–H and O–H groups in total. The van der Waals surface area contributed by atoms with Crippen LogP contribution in [0.5, 0.6) is 0 Å². The number of halogens is 7. The summed E-state index contributed by atoms with van der Waals surface area (Å²) in [6.45, 7) is 1.05. The standard InChI is InChI=1S/C12H11F7O/c1-7-3-8(6-20-2)5-9(4-7)10(13,11(14,15)16)12(17,18)19/h3-5H,6H2,1-2H3. The highest BCUT2D eigenvalue weighted by molar-refractivity contribution is 5.35. The lowest BCUT2D eigenvalue weighted by Gasteiger charge is -2.30. The molecular weight excluding hydrogens is 293 g/mol. The molecule has 0 heterocycles. The van der Waals surface area contributed by atoms with Gasteiger partial charge in [0.2, 0.25) is 0 Å². The number of rotatable bonds is 3. The first-order valence-electron chi connectivity index (χ1n) is 5.36. The monoisotopic (exact) mass is 304 g/mol. The van der Waals surface area contributed by atoms with Gasteiger partial charge in [0.25, 0.3) is 0 Å². The first kappa shape index (κ1) is 16.7. The van der Waals surface area contributed by atoms with Gasteiger partial charge in [-0.05, 0) is 18.6 Å². The van der Waals surface area contributed by atoms with Crippen LogP contribution >= 0.6 is 0 Å². The van der Waals surface area contributed by atoms with Crippen molar-refractivity contribution < 1.29 is 35.5 Å². The van der Waals surface area contributed by atoms with Gasteiger partial charge in [-0.2, -0.15) is 26.3 Å². The summed E-state index contributed by atoms with van der Waals surface area (Å²) in [4.78, 5) is 0. The molecule has 0 unspecified atom stereocenters. The molecular formula is C12H11F7O. The molecule has 0 amide bonds. The second-order valence-corrected chi connectivity index (χ2v) is 4.29. The normalized spacial score (nSPS) is 13.7. The first-order chi connectivity index (χ1) is 8.93. The molecule has 1 nitrogen and oxygen atoms in total. The molecule has 1 rings (SSSR count). The van der Waals surface area contributed by atoms with E-state index in [1.54, 1.807) is 0 Å². The van der Waals surface area contributed by atoms with Crippen LogP contribution in [0, 0.1) is 6.92 Å². The van der Waals surface area contributed by atoms with E-state index in [1.807, 2.05) is 0 Å². The van der Waals surface area contributed by atoms with Gasteiger partial charge in [0.1, 0.15) is 0 Å². The topological polar surface area (TPSA) is 9.23 Å². The highest BCUT2D eigenvalue weighted by atomic mass is 19.4. The summed E-state index contributed by atoms with van der Waals surface area (Å²) >= 11 is 0. The Kier molecular flexibility index (Phi) is 4.38. The zero-order valence-electron chi connectivity index (χ0n) is 10.5.